The van der Waals surface area contributed by atoms with E-state index < -0.39 is 5.91 Å². The lowest BCUT2D eigenvalue weighted by atomic mass is 10.3. The third-order valence-corrected chi connectivity index (χ3v) is 1.72. The van der Waals surface area contributed by atoms with Crippen LogP contribution in [0.4, 0.5) is 0 Å². The summed E-state index contributed by atoms with van der Waals surface area (Å²) in [6, 6.07) is 0. The van der Waals surface area contributed by atoms with Gasteiger partial charge >= 0.3 is 0 Å². The van der Waals surface area contributed by atoms with Gasteiger partial charge in [-0.05, 0) is 19.9 Å². The average Bonchev–Trinajstić information content (AvgIpc) is 2.25. The smallest absolute Gasteiger partial charge is 0.273 e. The van der Waals surface area contributed by atoms with E-state index in [-0.39, 0.29) is 11.7 Å². The van der Waals surface area contributed by atoms with Gasteiger partial charge in [-0.1, -0.05) is 0 Å². The van der Waals surface area contributed by atoms with Crippen molar-refractivity contribution in [2.45, 2.75) is 13.8 Å². The fourth-order valence-corrected chi connectivity index (χ4v) is 0.971. The maximum atomic E-state index is 11.6. The predicted molar refractivity (Wildman–Crippen MR) is 67.6 cm³/mol. The Hall–Kier alpha value is -2.09. The Morgan fingerprint density at radius 3 is 2.53 bits per heavy atom. The first-order valence-electron chi connectivity index (χ1n) is 4.98. The summed E-state index contributed by atoms with van der Waals surface area (Å²) in [5.41, 5.74) is 6.23. The zero-order valence-corrected chi connectivity index (χ0v) is 10.3. The van der Waals surface area contributed by atoms with Crippen LogP contribution in [0, 0.1) is 0 Å². The largest absolute Gasteiger partial charge is 0.394 e. The number of hydrazine groups is 1. The van der Waals surface area contributed by atoms with Crippen molar-refractivity contribution >= 4 is 17.6 Å². The summed E-state index contributed by atoms with van der Waals surface area (Å²) in [6.45, 7) is 4.26. The Labute approximate surface area is 100 Å². The van der Waals surface area contributed by atoms with Gasteiger partial charge in [0.2, 0.25) is 5.96 Å². The monoisotopic (exact) mass is 241 g/mol. The van der Waals surface area contributed by atoms with Crippen LogP contribution in [0.15, 0.2) is 21.9 Å². The van der Waals surface area contributed by atoms with E-state index in [0.717, 1.165) is 5.01 Å². The number of hydrogen-bond acceptors (Lipinski definition) is 6. The van der Waals surface area contributed by atoms with Gasteiger partial charge in [-0.3, -0.25) is 20.1 Å². The van der Waals surface area contributed by atoms with Crippen LogP contribution < -0.4 is 22.7 Å². The molecule has 0 saturated carbocycles. The number of nitrogens with one attached hydrogen (secondary N) is 1. The van der Waals surface area contributed by atoms with Gasteiger partial charge in [0.25, 0.3) is 5.91 Å². The first kappa shape index (κ1) is 14.9. The van der Waals surface area contributed by atoms with Crippen molar-refractivity contribution < 1.29 is 4.79 Å². The third-order valence-electron chi connectivity index (χ3n) is 1.72. The molecule has 0 heterocycles. The second-order valence-corrected chi connectivity index (χ2v) is 3.23. The van der Waals surface area contributed by atoms with Gasteiger partial charge in [0.15, 0.2) is 0 Å². The van der Waals surface area contributed by atoms with Gasteiger partial charge in [-0.15, -0.1) is 5.10 Å². The SMILES string of the molecule is CCN=C(C)C=C(N)C(=O)N/C(=N/N)N(C)N. The summed E-state index contributed by atoms with van der Waals surface area (Å²) in [6.07, 6.45) is 1.46. The molecule has 0 aromatic carbocycles. The quantitative estimate of drug-likeness (QED) is 0.156. The van der Waals surface area contributed by atoms with Crippen LogP contribution in [-0.4, -0.2) is 36.2 Å². The van der Waals surface area contributed by atoms with E-state index in [2.05, 4.69) is 15.4 Å². The molecule has 0 aromatic heterocycles. The summed E-state index contributed by atoms with van der Waals surface area (Å²) in [7, 11) is 1.48. The van der Waals surface area contributed by atoms with E-state index in [0.29, 0.717) is 12.3 Å². The zero-order valence-electron chi connectivity index (χ0n) is 10.3. The van der Waals surface area contributed by atoms with Gasteiger partial charge in [0, 0.05) is 19.3 Å². The van der Waals surface area contributed by atoms with Crippen LogP contribution in [-0.2, 0) is 4.79 Å². The number of hydrogen-bond donors (Lipinski definition) is 4. The number of rotatable bonds is 3. The number of nitrogens with zero attached hydrogens (tertiary/aromatic N) is 3. The van der Waals surface area contributed by atoms with E-state index in [4.69, 9.17) is 17.4 Å². The lowest BCUT2D eigenvalue weighted by Crippen LogP contribution is -2.47. The number of amides is 1. The molecule has 0 aromatic rings. The summed E-state index contributed by atoms with van der Waals surface area (Å²) in [5.74, 6) is 9.87. The molecule has 0 saturated heterocycles. The van der Waals surface area contributed by atoms with E-state index in [1.165, 1.54) is 13.1 Å². The molecule has 0 aliphatic rings. The van der Waals surface area contributed by atoms with E-state index in [9.17, 15) is 4.79 Å². The standard InChI is InChI=1S/C9H19N7O/c1-4-13-6(2)5-7(10)8(17)14-9(15-11)16(3)12/h5H,4,10-12H2,1-3H3,(H,14,15,17). The number of allylic oxidation sites excluding steroid dienone is 1. The van der Waals surface area contributed by atoms with Crippen LogP contribution in [0.25, 0.3) is 0 Å². The number of carbonyl (C=O) groups excluding carboxylic acids is 1. The summed E-state index contributed by atoms with van der Waals surface area (Å²) in [5, 5.41) is 6.72. The van der Waals surface area contributed by atoms with Crippen molar-refractivity contribution in [1.29, 1.82) is 0 Å². The highest BCUT2D eigenvalue weighted by Crippen LogP contribution is 1.89. The maximum Gasteiger partial charge on any atom is 0.273 e. The topological polar surface area (TPSA) is 135 Å². The van der Waals surface area contributed by atoms with Crippen molar-refractivity contribution in [3.05, 3.63) is 11.8 Å². The molecule has 8 nitrogen and oxygen atoms in total. The molecule has 0 atom stereocenters. The number of hydrazone groups is 1. The lowest BCUT2D eigenvalue weighted by Gasteiger charge is -2.14. The number of aliphatic imine (C=N–C) groups is 1. The van der Waals surface area contributed by atoms with Crippen LogP contribution >= 0.6 is 0 Å². The molecule has 0 rings (SSSR count). The van der Waals surface area contributed by atoms with Gasteiger partial charge in [-0.2, -0.15) is 0 Å². The molecule has 0 aliphatic carbocycles. The molecule has 0 unspecified atom stereocenters. The molecule has 1 amide bonds. The van der Waals surface area contributed by atoms with Crippen molar-refractivity contribution in [1.82, 2.24) is 10.3 Å². The molecule has 0 bridgehead atoms. The third kappa shape index (κ3) is 5.52. The minimum absolute atomic E-state index is 0.00250. The van der Waals surface area contributed by atoms with Gasteiger partial charge < -0.3 is 11.6 Å². The summed E-state index contributed by atoms with van der Waals surface area (Å²) >= 11 is 0. The van der Waals surface area contributed by atoms with Gasteiger partial charge in [-0.25, -0.2) is 5.84 Å². The van der Waals surface area contributed by atoms with E-state index >= 15 is 0 Å². The van der Waals surface area contributed by atoms with Crippen LogP contribution in [0.1, 0.15) is 13.8 Å². The first-order chi connectivity index (χ1) is 7.92. The molecule has 7 N–H and O–H groups in total. The molecule has 0 spiro atoms. The zero-order chi connectivity index (χ0) is 13.4. The van der Waals surface area contributed by atoms with Crippen molar-refractivity contribution in [2.24, 2.45) is 27.5 Å². The molecule has 96 valence electrons. The molecule has 0 fully saturated rings. The first-order valence-corrected chi connectivity index (χ1v) is 4.98. The molecular weight excluding hydrogens is 222 g/mol. The highest BCUT2D eigenvalue weighted by atomic mass is 16.2. The minimum Gasteiger partial charge on any atom is -0.394 e. The Kier molecular flexibility index (Phi) is 6.34. The normalized spacial score (nSPS) is 13.5. The number of guanidine groups is 1. The molecule has 8 heteroatoms. The fraction of sp³-hybridized carbons (Fsp3) is 0.444. The van der Waals surface area contributed by atoms with Crippen LogP contribution in [0.3, 0.4) is 0 Å². The Morgan fingerprint density at radius 2 is 2.12 bits per heavy atom. The summed E-state index contributed by atoms with van der Waals surface area (Å²) < 4.78 is 0. The number of nitrogens with two attached hydrogens (primary N) is 3. The lowest BCUT2D eigenvalue weighted by molar-refractivity contribution is -0.116. The molecular formula is C9H19N7O. The minimum atomic E-state index is -0.544. The maximum absolute atomic E-state index is 11.6. The molecule has 0 aliphatic heterocycles. The highest BCUT2D eigenvalue weighted by Gasteiger charge is 2.10. The predicted octanol–water partition coefficient (Wildman–Crippen LogP) is -1.54. The second-order valence-electron chi connectivity index (χ2n) is 3.23. The average molecular weight is 241 g/mol. The Bertz CT molecular complexity index is 356. The van der Waals surface area contributed by atoms with Crippen molar-refractivity contribution in [3.8, 4) is 0 Å². The van der Waals surface area contributed by atoms with Crippen LogP contribution in [0.2, 0.25) is 0 Å². The van der Waals surface area contributed by atoms with Crippen molar-refractivity contribution in [3.63, 3.8) is 0 Å². The van der Waals surface area contributed by atoms with E-state index in [1.54, 1.807) is 6.92 Å². The van der Waals surface area contributed by atoms with Crippen LogP contribution in [0.5, 0.6) is 0 Å². The fourth-order valence-electron chi connectivity index (χ4n) is 0.971. The van der Waals surface area contributed by atoms with Gasteiger partial charge in [0.1, 0.15) is 0 Å². The summed E-state index contributed by atoms with van der Waals surface area (Å²) in [4.78, 5) is 15.7. The second kappa shape index (κ2) is 7.23. The van der Waals surface area contributed by atoms with Crippen molar-refractivity contribution in [2.75, 3.05) is 13.6 Å². The highest BCUT2D eigenvalue weighted by molar-refractivity contribution is 6.08. The number of carbonyl (C=O) groups is 1. The Balaban J connectivity index is 4.68. The molecule has 0 radical (unpaired) electrons. The molecule has 17 heavy (non-hydrogen) atoms. The van der Waals surface area contributed by atoms with E-state index in [1.807, 2.05) is 6.92 Å². The Morgan fingerprint density at radius 1 is 1.53 bits per heavy atom. The van der Waals surface area contributed by atoms with Gasteiger partial charge in [0.05, 0.1) is 5.70 Å².